The number of alkyl halides is 2. The normalized spacial score (nSPS) is 11.2. The number of hydrogen-bond acceptors (Lipinski definition) is 2. The zero-order valence-electron chi connectivity index (χ0n) is 9.54. The Hall–Kier alpha value is -0.550. The van der Waals surface area contributed by atoms with Crippen molar-refractivity contribution >= 4 is 37.8 Å². The highest BCUT2D eigenvalue weighted by Crippen LogP contribution is 2.18. The van der Waals surface area contributed by atoms with Crippen molar-refractivity contribution in [2.45, 2.75) is 18.9 Å². The second-order valence-corrected chi connectivity index (χ2v) is 5.02. The van der Waals surface area contributed by atoms with Crippen molar-refractivity contribution in [3.8, 4) is 5.75 Å². The summed E-state index contributed by atoms with van der Waals surface area (Å²) in [5, 5.41) is 13.5. The van der Waals surface area contributed by atoms with Crippen LogP contribution in [-0.2, 0) is 0 Å². The van der Waals surface area contributed by atoms with E-state index in [1.54, 1.807) is 12.1 Å². The SMILES string of the molecule is CCC(CBr)(CBr)NC(=O)c1ccc(O)cc1. The molecule has 94 valence electrons. The molecule has 0 fully saturated rings. The van der Waals surface area contributed by atoms with Gasteiger partial charge >= 0.3 is 0 Å². The second-order valence-electron chi connectivity index (χ2n) is 3.90. The first-order valence-electron chi connectivity index (χ1n) is 5.30. The number of aromatic hydroxyl groups is 1. The molecular weight excluding hydrogens is 350 g/mol. The predicted molar refractivity (Wildman–Crippen MR) is 76.2 cm³/mol. The van der Waals surface area contributed by atoms with Crippen LogP contribution in [-0.4, -0.2) is 27.2 Å². The lowest BCUT2D eigenvalue weighted by Gasteiger charge is -2.30. The Balaban J connectivity index is 2.81. The maximum atomic E-state index is 12.0. The average molecular weight is 365 g/mol. The summed E-state index contributed by atoms with van der Waals surface area (Å²) in [7, 11) is 0. The van der Waals surface area contributed by atoms with Crippen LogP contribution in [0.15, 0.2) is 24.3 Å². The number of nitrogens with one attached hydrogen (secondary N) is 1. The zero-order chi connectivity index (χ0) is 12.9. The molecule has 0 unspecified atom stereocenters. The summed E-state index contributed by atoms with van der Waals surface area (Å²) in [6, 6.07) is 6.22. The fourth-order valence-electron chi connectivity index (χ4n) is 1.31. The molecule has 2 N–H and O–H groups in total. The third-order valence-corrected chi connectivity index (χ3v) is 4.84. The first-order chi connectivity index (χ1) is 8.06. The Morgan fingerprint density at radius 2 is 1.82 bits per heavy atom. The van der Waals surface area contributed by atoms with Gasteiger partial charge in [0.2, 0.25) is 0 Å². The van der Waals surface area contributed by atoms with Crippen LogP contribution >= 0.6 is 31.9 Å². The Morgan fingerprint density at radius 3 is 2.24 bits per heavy atom. The molecule has 5 heteroatoms. The second kappa shape index (κ2) is 6.40. The third-order valence-electron chi connectivity index (χ3n) is 2.70. The predicted octanol–water partition coefficient (Wildman–Crippen LogP) is 3.06. The van der Waals surface area contributed by atoms with E-state index in [1.165, 1.54) is 12.1 Å². The number of hydrogen-bond donors (Lipinski definition) is 2. The minimum Gasteiger partial charge on any atom is -0.508 e. The molecule has 1 aromatic carbocycles. The maximum absolute atomic E-state index is 12.0. The van der Waals surface area contributed by atoms with Crippen molar-refractivity contribution in [2.75, 3.05) is 10.7 Å². The molecule has 0 bridgehead atoms. The number of carbonyl (C=O) groups excluding carboxylic acids is 1. The molecule has 17 heavy (non-hydrogen) atoms. The molecule has 0 atom stereocenters. The molecule has 0 spiro atoms. The van der Waals surface area contributed by atoms with Gasteiger partial charge in [0.1, 0.15) is 5.75 Å². The summed E-state index contributed by atoms with van der Waals surface area (Å²) in [4.78, 5) is 12.0. The largest absolute Gasteiger partial charge is 0.508 e. The Kier molecular flexibility index (Phi) is 5.46. The number of phenolic OH excluding ortho intramolecular Hbond substituents is 1. The first kappa shape index (κ1) is 14.5. The van der Waals surface area contributed by atoms with Crippen molar-refractivity contribution in [3.05, 3.63) is 29.8 Å². The molecule has 0 saturated heterocycles. The molecule has 0 saturated carbocycles. The molecule has 0 radical (unpaired) electrons. The lowest BCUT2D eigenvalue weighted by atomic mass is 10.0. The average Bonchev–Trinajstić information content (AvgIpc) is 2.37. The number of amides is 1. The van der Waals surface area contributed by atoms with E-state index >= 15 is 0 Å². The van der Waals surface area contributed by atoms with Crippen LogP contribution in [0.3, 0.4) is 0 Å². The van der Waals surface area contributed by atoms with Crippen molar-refractivity contribution in [3.63, 3.8) is 0 Å². The molecule has 0 aliphatic rings. The summed E-state index contributed by atoms with van der Waals surface area (Å²) >= 11 is 6.84. The van der Waals surface area contributed by atoms with Gasteiger partial charge in [0.05, 0.1) is 5.54 Å². The van der Waals surface area contributed by atoms with Crippen LogP contribution in [0.25, 0.3) is 0 Å². The highest BCUT2D eigenvalue weighted by molar-refractivity contribution is 9.09. The summed E-state index contributed by atoms with van der Waals surface area (Å²) in [5.41, 5.74) is 0.261. The van der Waals surface area contributed by atoms with Gasteiger partial charge in [0.25, 0.3) is 5.91 Å². The van der Waals surface area contributed by atoms with Gasteiger partial charge in [0.15, 0.2) is 0 Å². The fourth-order valence-corrected chi connectivity index (χ4v) is 3.31. The zero-order valence-corrected chi connectivity index (χ0v) is 12.7. The van der Waals surface area contributed by atoms with Gasteiger partial charge in [-0.05, 0) is 30.7 Å². The Morgan fingerprint density at radius 1 is 1.29 bits per heavy atom. The standard InChI is InChI=1S/C12H15Br2NO2/c1-2-12(7-13,8-14)15-11(17)9-3-5-10(16)6-4-9/h3-6,16H,2,7-8H2,1H3,(H,15,17). The molecule has 0 aliphatic carbocycles. The van der Waals surface area contributed by atoms with Gasteiger partial charge in [-0.3, -0.25) is 4.79 Å². The van der Waals surface area contributed by atoms with Gasteiger partial charge in [-0.2, -0.15) is 0 Å². The fraction of sp³-hybridized carbons (Fsp3) is 0.417. The maximum Gasteiger partial charge on any atom is 0.251 e. The minimum atomic E-state index is -0.283. The number of carbonyl (C=O) groups is 1. The van der Waals surface area contributed by atoms with Gasteiger partial charge in [-0.15, -0.1) is 0 Å². The topological polar surface area (TPSA) is 49.3 Å². The smallest absolute Gasteiger partial charge is 0.251 e. The van der Waals surface area contributed by atoms with Crippen LogP contribution in [0, 0.1) is 0 Å². The lowest BCUT2D eigenvalue weighted by Crippen LogP contribution is -2.51. The number of benzene rings is 1. The van der Waals surface area contributed by atoms with Crippen LogP contribution < -0.4 is 5.32 Å². The highest BCUT2D eigenvalue weighted by Gasteiger charge is 2.27. The van der Waals surface area contributed by atoms with Gasteiger partial charge in [0, 0.05) is 16.2 Å². The van der Waals surface area contributed by atoms with E-state index in [-0.39, 0.29) is 17.2 Å². The van der Waals surface area contributed by atoms with Crippen LogP contribution in [0.1, 0.15) is 23.7 Å². The van der Waals surface area contributed by atoms with E-state index in [1.807, 2.05) is 6.92 Å². The van der Waals surface area contributed by atoms with Crippen molar-refractivity contribution in [1.82, 2.24) is 5.32 Å². The summed E-state index contributed by atoms with van der Waals surface area (Å²) in [6.45, 7) is 2.03. The first-order valence-corrected chi connectivity index (χ1v) is 7.54. The van der Waals surface area contributed by atoms with E-state index < -0.39 is 0 Å². The molecule has 0 heterocycles. The summed E-state index contributed by atoms with van der Waals surface area (Å²) in [6.07, 6.45) is 0.827. The molecule has 1 aromatic rings. The van der Waals surface area contributed by atoms with E-state index in [2.05, 4.69) is 37.2 Å². The van der Waals surface area contributed by atoms with Gasteiger partial charge in [-0.1, -0.05) is 38.8 Å². The van der Waals surface area contributed by atoms with E-state index in [0.717, 1.165) is 6.42 Å². The number of phenols is 1. The van der Waals surface area contributed by atoms with Crippen LogP contribution in [0.4, 0.5) is 0 Å². The van der Waals surface area contributed by atoms with E-state index in [9.17, 15) is 4.79 Å². The number of rotatable bonds is 5. The monoisotopic (exact) mass is 363 g/mol. The van der Waals surface area contributed by atoms with Crippen molar-refractivity contribution < 1.29 is 9.90 Å². The van der Waals surface area contributed by atoms with Crippen LogP contribution in [0.2, 0.25) is 0 Å². The van der Waals surface area contributed by atoms with Crippen LogP contribution in [0.5, 0.6) is 5.75 Å². The molecule has 3 nitrogen and oxygen atoms in total. The lowest BCUT2D eigenvalue weighted by molar-refractivity contribution is 0.0915. The van der Waals surface area contributed by atoms with Crippen molar-refractivity contribution in [1.29, 1.82) is 0 Å². The van der Waals surface area contributed by atoms with E-state index in [4.69, 9.17) is 5.11 Å². The van der Waals surface area contributed by atoms with Crippen molar-refractivity contribution in [2.24, 2.45) is 0 Å². The van der Waals surface area contributed by atoms with E-state index in [0.29, 0.717) is 16.2 Å². The summed E-state index contributed by atoms with van der Waals surface area (Å²) < 4.78 is 0. The molecule has 0 aromatic heterocycles. The summed E-state index contributed by atoms with van der Waals surface area (Å²) in [5.74, 6) is 0.0232. The Bertz CT molecular complexity index is 366. The third kappa shape index (κ3) is 3.71. The highest BCUT2D eigenvalue weighted by atomic mass is 79.9. The molecular formula is C12H15Br2NO2. The van der Waals surface area contributed by atoms with Gasteiger partial charge < -0.3 is 10.4 Å². The number of halogens is 2. The Labute approximate surface area is 118 Å². The minimum absolute atomic E-state index is 0.134. The quantitative estimate of drug-likeness (QED) is 0.789. The van der Waals surface area contributed by atoms with Gasteiger partial charge in [-0.25, -0.2) is 0 Å². The molecule has 1 rings (SSSR count). The molecule has 1 amide bonds. The molecule has 0 aliphatic heterocycles.